The largest absolute Gasteiger partial charge is 0.480 e. The van der Waals surface area contributed by atoms with Gasteiger partial charge in [-0.15, -0.1) is 0 Å². The van der Waals surface area contributed by atoms with Crippen LogP contribution < -0.4 is 10.6 Å². The Morgan fingerprint density at radius 3 is 2.09 bits per heavy atom. The number of alkyl carbamates (subject to hydrolysis) is 1. The summed E-state index contributed by atoms with van der Waals surface area (Å²) >= 11 is 0. The van der Waals surface area contributed by atoms with Crippen molar-refractivity contribution in [1.82, 2.24) is 10.6 Å². The van der Waals surface area contributed by atoms with Crippen LogP contribution in [0.4, 0.5) is 4.79 Å². The zero-order valence-electron chi connectivity index (χ0n) is 20.0. The zero-order chi connectivity index (χ0) is 24.7. The summed E-state index contributed by atoms with van der Waals surface area (Å²) in [6.45, 7) is 5.78. The van der Waals surface area contributed by atoms with Crippen molar-refractivity contribution < 1.29 is 24.2 Å². The number of ether oxygens (including phenoxy) is 1. The fourth-order valence-corrected chi connectivity index (χ4v) is 4.40. The highest BCUT2D eigenvalue weighted by atomic mass is 16.5. The van der Waals surface area contributed by atoms with E-state index in [1.807, 2.05) is 50.2 Å². The highest BCUT2D eigenvalue weighted by molar-refractivity contribution is 5.89. The number of hydrogen-bond donors (Lipinski definition) is 3. The normalized spacial score (nSPS) is 14.9. The molecule has 0 fully saturated rings. The molecule has 0 spiro atoms. The van der Waals surface area contributed by atoms with Gasteiger partial charge >= 0.3 is 12.1 Å². The summed E-state index contributed by atoms with van der Waals surface area (Å²) in [4.78, 5) is 37.2. The smallest absolute Gasteiger partial charge is 0.407 e. The molecule has 2 aromatic rings. The van der Waals surface area contributed by atoms with E-state index in [9.17, 15) is 19.5 Å². The van der Waals surface area contributed by atoms with Crippen LogP contribution in [0.3, 0.4) is 0 Å². The molecule has 1 aliphatic rings. The topological polar surface area (TPSA) is 105 Å². The van der Waals surface area contributed by atoms with Crippen LogP contribution in [0.2, 0.25) is 0 Å². The minimum Gasteiger partial charge on any atom is -0.480 e. The molecule has 34 heavy (non-hydrogen) atoms. The van der Waals surface area contributed by atoms with Gasteiger partial charge in [-0.3, -0.25) is 4.79 Å². The summed E-state index contributed by atoms with van der Waals surface area (Å²) in [5, 5.41) is 14.8. The number of amides is 2. The van der Waals surface area contributed by atoms with E-state index < -0.39 is 30.1 Å². The number of nitrogens with one attached hydrogen (secondary N) is 2. The van der Waals surface area contributed by atoms with Gasteiger partial charge in [-0.25, -0.2) is 9.59 Å². The molecular formula is C27H34N2O5. The van der Waals surface area contributed by atoms with Crippen molar-refractivity contribution in [3.05, 3.63) is 59.7 Å². The standard InChI is InChI=1S/C27H34N2O5/c1-4-6-15-23(25(30)29-24(26(31)32)17(3)5-2)28-27(33)34-16-22-20-13-9-7-11-18(20)19-12-8-10-14-21(19)22/h7-14,17,22-24H,4-6,15-16H2,1-3H3,(H,28,33)(H,29,30)(H,31,32). The summed E-state index contributed by atoms with van der Waals surface area (Å²) < 4.78 is 5.57. The number of aliphatic carboxylic acids is 1. The minimum absolute atomic E-state index is 0.0807. The Hall–Kier alpha value is -3.35. The number of carboxylic acid groups (broad SMARTS) is 1. The van der Waals surface area contributed by atoms with Crippen LogP contribution in [0.15, 0.2) is 48.5 Å². The maximum absolute atomic E-state index is 12.9. The molecular weight excluding hydrogens is 432 g/mol. The predicted molar refractivity (Wildman–Crippen MR) is 131 cm³/mol. The number of fused-ring (bicyclic) bond motifs is 3. The highest BCUT2D eigenvalue weighted by Gasteiger charge is 2.31. The van der Waals surface area contributed by atoms with Crippen molar-refractivity contribution in [2.24, 2.45) is 5.92 Å². The van der Waals surface area contributed by atoms with E-state index in [0.29, 0.717) is 19.3 Å². The lowest BCUT2D eigenvalue weighted by molar-refractivity contribution is -0.143. The van der Waals surface area contributed by atoms with Gasteiger partial charge in [0.15, 0.2) is 0 Å². The molecule has 3 atom stereocenters. The molecule has 0 aliphatic heterocycles. The molecule has 0 bridgehead atoms. The number of rotatable bonds is 11. The van der Waals surface area contributed by atoms with Crippen molar-refractivity contribution in [3.63, 3.8) is 0 Å². The number of unbranched alkanes of at least 4 members (excludes halogenated alkanes) is 1. The third-order valence-corrected chi connectivity index (χ3v) is 6.58. The summed E-state index contributed by atoms with van der Waals surface area (Å²) in [5.74, 6) is -1.90. The zero-order valence-corrected chi connectivity index (χ0v) is 20.0. The Balaban J connectivity index is 1.66. The average Bonchev–Trinajstić information content (AvgIpc) is 3.16. The Morgan fingerprint density at radius 1 is 0.971 bits per heavy atom. The molecule has 7 nitrogen and oxygen atoms in total. The molecule has 2 aromatic carbocycles. The summed E-state index contributed by atoms with van der Waals surface area (Å²) in [5.41, 5.74) is 4.48. The van der Waals surface area contributed by atoms with Crippen LogP contribution >= 0.6 is 0 Å². The highest BCUT2D eigenvalue weighted by Crippen LogP contribution is 2.44. The van der Waals surface area contributed by atoms with E-state index >= 15 is 0 Å². The lowest BCUT2D eigenvalue weighted by atomic mass is 9.98. The van der Waals surface area contributed by atoms with Crippen molar-refractivity contribution in [3.8, 4) is 11.1 Å². The van der Waals surface area contributed by atoms with Crippen LogP contribution in [-0.4, -0.2) is 41.8 Å². The Bertz CT molecular complexity index is 976. The maximum atomic E-state index is 12.9. The fourth-order valence-electron chi connectivity index (χ4n) is 4.40. The third-order valence-electron chi connectivity index (χ3n) is 6.58. The number of carboxylic acids is 1. The van der Waals surface area contributed by atoms with Crippen molar-refractivity contribution in [1.29, 1.82) is 0 Å². The van der Waals surface area contributed by atoms with Gasteiger partial charge in [0.2, 0.25) is 5.91 Å². The van der Waals surface area contributed by atoms with E-state index in [2.05, 4.69) is 22.8 Å². The molecule has 0 saturated carbocycles. The summed E-state index contributed by atoms with van der Waals surface area (Å²) in [7, 11) is 0. The van der Waals surface area contributed by atoms with Crippen LogP contribution in [0.5, 0.6) is 0 Å². The lowest BCUT2D eigenvalue weighted by Gasteiger charge is -2.24. The molecule has 0 heterocycles. The minimum atomic E-state index is -1.09. The second kappa shape index (κ2) is 11.7. The second-order valence-electron chi connectivity index (χ2n) is 8.87. The van der Waals surface area contributed by atoms with Gasteiger partial charge in [-0.2, -0.15) is 0 Å². The van der Waals surface area contributed by atoms with E-state index in [1.165, 1.54) is 0 Å². The molecule has 7 heteroatoms. The molecule has 3 N–H and O–H groups in total. The lowest BCUT2D eigenvalue weighted by Crippen LogP contribution is -2.53. The summed E-state index contributed by atoms with van der Waals surface area (Å²) in [6.07, 6.45) is 1.87. The molecule has 0 aromatic heterocycles. The van der Waals surface area contributed by atoms with Crippen molar-refractivity contribution in [2.45, 2.75) is 64.5 Å². The van der Waals surface area contributed by atoms with Gasteiger partial charge in [-0.1, -0.05) is 88.6 Å². The Morgan fingerprint density at radius 2 is 1.56 bits per heavy atom. The van der Waals surface area contributed by atoms with E-state index in [1.54, 1.807) is 6.92 Å². The van der Waals surface area contributed by atoms with Crippen LogP contribution in [0.1, 0.15) is 63.5 Å². The van der Waals surface area contributed by atoms with E-state index in [0.717, 1.165) is 28.7 Å². The number of benzene rings is 2. The van der Waals surface area contributed by atoms with Gasteiger partial charge in [0, 0.05) is 5.92 Å². The van der Waals surface area contributed by atoms with Crippen molar-refractivity contribution in [2.75, 3.05) is 6.61 Å². The summed E-state index contributed by atoms with van der Waals surface area (Å²) in [6, 6.07) is 14.3. The first-order valence-electron chi connectivity index (χ1n) is 12.0. The first-order chi connectivity index (χ1) is 16.4. The molecule has 3 unspecified atom stereocenters. The van der Waals surface area contributed by atoms with Crippen molar-refractivity contribution >= 4 is 18.0 Å². The van der Waals surface area contributed by atoms with E-state index in [-0.39, 0.29) is 18.4 Å². The van der Waals surface area contributed by atoms with Crippen LogP contribution in [0, 0.1) is 5.92 Å². The van der Waals surface area contributed by atoms with Gasteiger partial charge in [0.1, 0.15) is 18.7 Å². The number of carbonyl (C=O) groups excluding carboxylic acids is 2. The first kappa shape index (κ1) is 25.3. The van der Waals surface area contributed by atoms with Gasteiger partial charge in [-0.05, 0) is 34.6 Å². The molecule has 182 valence electrons. The molecule has 2 amide bonds. The molecule has 3 rings (SSSR count). The average molecular weight is 467 g/mol. The fraction of sp³-hybridized carbons (Fsp3) is 0.444. The van der Waals surface area contributed by atoms with Gasteiger partial charge in [0.05, 0.1) is 0 Å². The Labute approximate surface area is 200 Å². The monoisotopic (exact) mass is 466 g/mol. The first-order valence-corrected chi connectivity index (χ1v) is 12.0. The maximum Gasteiger partial charge on any atom is 0.407 e. The third kappa shape index (κ3) is 5.76. The van der Waals surface area contributed by atoms with Gasteiger partial charge < -0.3 is 20.5 Å². The molecule has 0 saturated heterocycles. The SMILES string of the molecule is CCCCC(NC(=O)OCC1c2ccccc2-c2ccccc21)C(=O)NC(C(=O)O)C(C)CC. The van der Waals surface area contributed by atoms with Crippen LogP contribution in [0.25, 0.3) is 11.1 Å². The quantitative estimate of drug-likeness (QED) is 0.445. The second-order valence-corrected chi connectivity index (χ2v) is 8.87. The van der Waals surface area contributed by atoms with E-state index in [4.69, 9.17) is 4.74 Å². The predicted octanol–water partition coefficient (Wildman–Crippen LogP) is 4.70. The van der Waals surface area contributed by atoms with Crippen LogP contribution in [-0.2, 0) is 14.3 Å². The molecule has 1 aliphatic carbocycles. The number of hydrogen-bond acceptors (Lipinski definition) is 4. The molecule has 0 radical (unpaired) electrons. The number of carbonyl (C=O) groups is 3. The van der Waals surface area contributed by atoms with Gasteiger partial charge in [0.25, 0.3) is 0 Å². The Kier molecular flexibility index (Phi) is 8.68.